The largest absolute Gasteiger partial charge is 0.392 e. The second-order valence-electron chi connectivity index (χ2n) is 4.57. The maximum atomic E-state index is 12.4. The van der Waals surface area contributed by atoms with Crippen LogP contribution in [0.15, 0.2) is 27.7 Å². The second-order valence-corrected chi connectivity index (χ2v) is 8.42. The Morgan fingerprint density at radius 2 is 2.10 bits per heavy atom. The van der Waals surface area contributed by atoms with Gasteiger partial charge in [-0.05, 0) is 47.0 Å². The number of aliphatic hydroxyl groups excluding tert-OH is 1. The van der Waals surface area contributed by atoms with Gasteiger partial charge in [0.05, 0.1) is 18.0 Å². The number of hydrogen-bond acceptors (Lipinski definition) is 5. The topological polar surface area (TPSA) is 79.3 Å². The molecule has 0 bridgehead atoms. The number of sulfonamides is 1. The molecule has 8 heteroatoms. The Morgan fingerprint density at radius 1 is 1.38 bits per heavy atom. The number of benzene rings is 1. The zero-order chi connectivity index (χ0) is 15.6. The molecule has 0 fully saturated rings. The standard InChI is InChI=1S/C13H15BrN2O3S2/c1-8-3-10(7-17)4-11(13(8)14)21(18,19)16-6-12-15-5-9(2)20-12/h3-5,16-17H,6-7H2,1-2H3. The van der Waals surface area contributed by atoms with Gasteiger partial charge in [-0.25, -0.2) is 18.1 Å². The fraction of sp³-hybridized carbons (Fsp3) is 0.308. The summed E-state index contributed by atoms with van der Waals surface area (Å²) in [7, 11) is -3.68. The van der Waals surface area contributed by atoms with Crippen molar-refractivity contribution in [3.63, 3.8) is 0 Å². The van der Waals surface area contributed by atoms with Crippen LogP contribution in [-0.2, 0) is 23.2 Å². The molecule has 0 atom stereocenters. The van der Waals surface area contributed by atoms with Crippen molar-refractivity contribution in [2.45, 2.75) is 31.9 Å². The van der Waals surface area contributed by atoms with Crippen LogP contribution in [0.5, 0.6) is 0 Å². The Hall–Kier alpha value is -0.800. The molecule has 1 aromatic carbocycles. The van der Waals surface area contributed by atoms with Gasteiger partial charge >= 0.3 is 0 Å². The van der Waals surface area contributed by atoms with Gasteiger partial charge in [0, 0.05) is 15.5 Å². The third kappa shape index (κ3) is 3.89. The minimum absolute atomic E-state index is 0.125. The van der Waals surface area contributed by atoms with E-state index in [2.05, 4.69) is 25.6 Å². The predicted molar refractivity (Wildman–Crippen MR) is 85.7 cm³/mol. The van der Waals surface area contributed by atoms with Crippen LogP contribution in [0.2, 0.25) is 0 Å². The van der Waals surface area contributed by atoms with E-state index >= 15 is 0 Å². The quantitative estimate of drug-likeness (QED) is 0.821. The van der Waals surface area contributed by atoms with Crippen LogP contribution in [0.1, 0.15) is 21.0 Å². The molecule has 0 unspecified atom stereocenters. The van der Waals surface area contributed by atoms with Crippen LogP contribution in [0.3, 0.4) is 0 Å². The van der Waals surface area contributed by atoms with Crippen molar-refractivity contribution in [2.75, 3.05) is 0 Å². The third-order valence-electron chi connectivity index (χ3n) is 2.84. The minimum Gasteiger partial charge on any atom is -0.392 e. The lowest BCUT2D eigenvalue weighted by Crippen LogP contribution is -2.24. The molecule has 21 heavy (non-hydrogen) atoms. The smallest absolute Gasteiger partial charge is 0.242 e. The first-order valence-corrected chi connectivity index (χ1v) is 9.23. The maximum absolute atomic E-state index is 12.4. The highest BCUT2D eigenvalue weighted by molar-refractivity contribution is 9.10. The Balaban J connectivity index is 2.29. The summed E-state index contributed by atoms with van der Waals surface area (Å²) in [6.45, 7) is 3.64. The molecular weight excluding hydrogens is 376 g/mol. The molecule has 0 aliphatic heterocycles. The van der Waals surface area contributed by atoms with E-state index in [1.54, 1.807) is 19.2 Å². The van der Waals surface area contributed by atoms with E-state index in [4.69, 9.17) is 0 Å². The van der Waals surface area contributed by atoms with Crippen molar-refractivity contribution >= 4 is 37.3 Å². The highest BCUT2D eigenvalue weighted by Crippen LogP contribution is 2.27. The number of aromatic nitrogens is 1. The molecule has 0 aliphatic carbocycles. The Kier molecular flexibility index (Phi) is 5.15. The number of halogens is 1. The van der Waals surface area contributed by atoms with Gasteiger partial charge < -0.3 is 5.11 Å². The molecule has 0 spiro atoms. The van der Waals surface area contributed by atoms with Crippen LogP contribution in [0, 0.1) is 13.8 Å². The average Bonchev–Trinajstić information content (AvgIpc) is 2.85. The molecule has 2 aromatic rings. The summed E-state index contributed by atoms with van der Waals surface area (Å²) in [4.78, 5) is 5.28. The summed E-state index contributed by atoms with van der Waals surface area (Å²) in [6, 6.07) is 3.21. The summed E-state index contributed by atoms with van der Waals surface area (Å²) >= 11 is 4.74. The van der Waals surface area contributed by atoms with E-state index in [9.17, 15) is 13.5 Å². The van der Waals surface area contributed by atoms with Gasteiger partial charge in [0.25, 0.3) is 0 Å². The van der Waals surface area contributed by atoms with Crippen molar-refractivity contribution in [3.05, 3.63) is 43.8 Å². The zero-order valence-electron chi connectivity index (χ0n) is 11.6. The molecule has 114 valence electrons. The third-order valence-corrected chi connectivity index (χ3v) is 6.49. The van der Waals surface area contributed by atoms with Crippen molar-refractivity contribution in [1.29, 1.82) is 0 Å². The van der Waals surface area contributed by atoms with Crippen molar-refractivity contribution < 1.29 is 13.5 Å². The average molecular weight is 391 g/mol. The number of nitrogens with one attached hydrogen (secondary N) is 1. The zero-order valence-corrected chi connectivity index (χ0v) is 14.8. The normalized spacial score (nSPS) is 11.8. The van der Waals surface area contributed by atoms with Gasteiger partial charge in [-0.2, -0.15) is 0 Å². The molecule has 1 aromatic heterocycles. The second kappa shape index (κ2) is 6.53. The number of aryl methyl sites for hydroxylation is 2. The van der Waals surface area contributed by atoms with E-state index in [0.29, 0.717) is 15.0 Å². The summed E-state index contributed by atoms with van der Waals surface area (Å²) < 4.78 is 27.9. The van der Waals surface area contributed by atoms with E-state index in [-0.39, 0.29) is 18.0 Å². The number of aliphatic hydroxyl groups is 1. The van der Waals surface area contributed by atoms with Gasteiger partial charge in [-0.3, -0.25) is 0 Å². The SMILES string of the molecule is Cc1cnc(CNS(=O)(=O)c2cc(CO)cc(C)c2Br)s1. The van der Waals surface area contributed by atoms with Crippen LogP contribution in [0.4, 0.5) is 0 Å². The number of rotatable bonds is 5. The van der Waals surface area contributed by atoms with Crippen LogP contribution >= 0.6 is 27.3 Å². The van der Waals surface area contributed by atoms with E-state index < -0.39 is 10.0 Å². The van der Waals surface area contributed by atoms with Gasteiger partial charge in [-0.1, -0.05) is 6.07 Å². The predicted octanol–water partition coefficient (Wildman–Crippen LogP) is 2.49. The number of thiazole rings is 1. The lowest BCUT2D eigenvalue weighted by Gasteiger charge is -2.11. The fourth-order valence-corrected chi connectivity index (χ4v) is 4.69. The Morgan fingerprint density at radius 3 is 2.67 bits per heavy atom. The fourth-order valence-electron chi connectivity index (χ4n) is 1.81. The van der Waals surface area contributed by atoms with Crippen molar-refractivity contribution in [2.24, 2.45) is 0 Å². The first-order chi connectivity index (χ1) is 9.83. The van der Waals surface area contributed by atoms with Crippen molar-refractivity contribution in [1.82, 2.24) is 9.71 Å². The minimum atomic E-state index is -3.68. The van der Waals surface area contributed by atoms with E-state index in [1.807, 2.05) is 6.92 Å². The first-order valence-electron chi connectivity index (χ1n) is 6.14. The van der Waals surface area contributed by atoms with Crippen molar-refractivity contribution in [3.8, 4) is 0 Å². The molecule has 2 rings (SSSR count). The Labute approximate surface area is 136 Å². The van der Waals surface area contributed by atoms with Gasteiger partial charge in [0.1, 0.15) is 5.01 Å². The first kappa shape index (κ1) is 16.6. The number of nitrogens with zero attached hydrogens (tertiary/aromatic N) is 1. The summed E-state index contributed by atoms with van der Waals surface area (Å²) in [5, 5.41) is 9.93. The van der Waals surface area contributed by atoms with Gasteiger partial charge in [-0.15, -0.1) is 11.3 Å². The molecule has 0 radical (unpaired) electrons. The molecule has 0 saturated heterocycles. The molecule has 2 N–H and O–H groups in total. The molecule has 0 saturated carbocycles. The summed E-state index contributed by atoms with van der Waals surface area (Å²) in [5.74, 6) is 0. The highest BCUT2D eigenvalue weighted by Gasteiger charge is 2.20. The summed E-state index contributed by atoms with van der Waals surface area (Å²) in [5.41, 5.74) is 1.31. The monoisotopic (exact) mass is 390 g/mol. The van der Waals surface area contributed by atoms with Crippen LogP contribution < -0.4 is 4.72 Å². The molecule has 5 nitrogen and oxygen atoms in total. The number of hydrogen-bond donors (Lipinski definition) is 2. The maximum Gasteiger partial charge on any atom is 0.242 e. The van der Waals surface area contributed by atoms with Crippen LogP contribution in [0.25, 0.3) is 0 Å². The van der Waals surface area contributed by atoms with Gasteiger partial charge in [0.15, 0.2) is 0 Å². The highest BCUT2D eigenvalue weighted by atomic mass is 79.9. The van der Waals surface area contributed by atoms with Gasteiger partial charge in [0.2, 0.25) is 10.0 Å². The summed E-state index contributed by atoms with van der Waals surface area (Å²) in [6.07, 6.45) is 1.71. The Bertz CT molecular complexity index is 757. The van der Waals surface area contributed by atoms with Crippen LogP contribution in [-0.4, -0.2) is 18.5 Å². The molecule has 0 amide bonds. The molecular formula is C13H15BrN2O3S2. The lowest BCUT2D eigenvalue weighted by molar-refractivity contribution is 0.281. The lowest BCUT2D eigenvalue weighted by atomic mass is 10.1. The molecule has 1 heterocycles. The van der Waals surface area contributed by atoms with E-state index in [1.165, 1.54) is 17.4 Å². The van der Waals surface area contributed by atoms with E-state index in [0.717, 1.165) is 10.4 Å². The molecule has 0 aliphatic rings.